The molecule has 0 radical (unpaired) electrons. The van der Waals surface area contributed by atoms with Crippen LogP contribution in [-0.2, 0) is 4.79 Å². The average molecular weight is 523 g/mol. The molecule has 0 bridgehead atoms. The minimum Gasteiger partial charge on any atom is -0.313 e. The summed E-state index contributed by atoms with van der Waals surface area (Å²) in [6.45, 7) is 1.68. The van der Waals surface area contributed by atoms with Crippen LogP contribution in [0.15, 0.2) is 152 Å². The van der Waals surface area contributed by atoms with Gasteiger partial charge in [0.25, 0.3) is 0 Å². The van der Waals surface area contributed by atoms with Crippen molar-refractivity contribution in [2.24, 2.45) is 0 Å². The summed E-state index contributed by atoms with van der Waals surface area (Å²) >= 11 is 0. The van der Waals surface area contributed by atoms with Gasteiger partial charge in [-0.2, -0.15) is 0 Å². The number of hydrogen-bond acceptors (Lipinski definition) is 1. The van der Waals surface area contributed by atoms with Crippen molar-refractivity contribution in [3.8, 4) is 0 Å². The molecule has 2 nitrogen and oxygen atoms in total. The fourth-order valence-electron chi connectivity index (χ4n) is 5.50. The highest BCUT2D eigenvalue weighted by Crippen LogP contribution is 2.56. The number of carbonyl (C=O) groups excluding carboxylic acids is 1. The van der Waals surface area contributed by atoms with Crippen molar-refractivity contribution in [1.82, 2.24) is 4.40 Å². The standard InChI is InChI=1S/C36H29NOP/c1-28(38)34(26-29-16-6-2-7-17-29)36-35(27-30-18-14-15-25-37(30)36)39(31-19-8-3-9-20-31,32-21-10-4-11-22-32)33-23-12-5-13-24-33/h2-27H,1H3/q+1/b34-26+. The van der Waals surface area contributed by atoms with E-state index in [2.05, 4.69) is 120 Å². The predicted octanol–water partition coefficient (Wildman–Crippen LogP) is 6.69. The fourth-order valence-corrected chi connectivity index (χ4v) is 9.96. The summed E-state index contributed by atoms with van der Waals surface area (Å²) in [5.41, 5.74) is 3.72. The molecule has 0 fully saturated rings. The molecule has 0 saturated heterocycles. The number of hydrogen-bond donors (Lipinski definition) is 0. The van der Waals surface area contributed by atoms with Crippen molar-refractivity contribution in [3.05, 3.63) is 163 Å². The molecule has 6 aromatic rings. The van der Waals surface area contributed by atoms with Gasteiger partial charge in [-0.15, -0.1) is 0 Å². The summed E-state index contributed by atoms with van der Waals surface area (Å²) in [4.78, 5) is 13.5. The second-order valence-corrected chi connectivity index (χ2v) is 12.9. The van der Waals surface area contributed by atoms with Crippen LogP contribution in [0.3, 0.4) is 0 Å². The zero-order chi connectivity index (χ0) is 26.7. The number of rotatable bonds is 7. The van der Waals surface area contributed by atoms with Crippen LogP contribution in [0.2, 0.25) is 0 Å². The molecule has 0 amide bonds. The van der Waals surface area contributed by atoms with Crippen molar-refractivity contribution in [2.45, 2.75) is 6.92 Å². The minimum absolute atomic E-state index is 0.0382. The highest BCUT2D eigenvalue weighted by Gasteiger charge is 2.51. The summed E-state index contributed by atoms with van der Waals surface area (Å²) < 4.78 is 2.19. The van der Waals surface area contributed by atoms with Crippen LogP contribution < -0.4 is 21.2 Å². The first-order valence-electron chi connectivity index (χ1n) is 13.1. The summed E-state index contributed by atoms with van der Waals surface area (Å²) in [6, 6.07) is 51.1. The molecule has 0 aliphatic carbocycles. The molecule has 0 spiro atoms. The molecule has 3 heteroatoms. The van der Waals surface area contributed by atoms with E-state index >= 15 is 0 Å². The van der Waals surface area contributed by atoms with E-state index in [1.165, 1.54) is 21.2 Å². The molecule has 0 aliphatic heterocycles. The molecule has 6 rings (SSSR count). The Kier molecular flexibility index (Phi) is 6.80. The van der Waals surface area contributed by atoms with Gasteiger partial charge in [0.15, 0.2) is 5.78 Å². The highest BCUT2D eigenvalue weighted by atomic mass is 31.2. The lowest BCUT2D eigenvalue weighted by molar-refractivity contribution is -0.111. The van der Waals surface area contributed by atoms with Crippen LogP contribution in [0, 0.1) is 0 Å². The third kappa shape index (κ3) is 4.44. The van der Waals surface area contributed by atoms with E-state index in [9.17, 15) is 4.79 Å². The van der Waals surface area contributed by atoms with Crippen molar-refractivity contribution in [2.75, 3.05) is 0 Å². The minimum atomic E-state index is -2.43. The van der Waals surface area contributed by atoms with Crippen molar-refractivity contribution >= 4 is 51.4 Å². The zero-order valence-electron chi connectivity index (χ0n) is 21.8. The summed E-state index contributed by atoms with van der Waals surface area (Å²) in [7, 11) is -2.43. The lowest BCUT2D eigenvalue weighted by Crippen LogP contribution is -2.39. The maximum Gasteiger partial charge on any atom is 0.162 e. The number of ketones is 1. The summed E-state index contributed by atoms with van der Waals surface area (Å²) in [6.07, 6.45) is 4.11. The van der Waals surface area contributed by atoms with Crippen LogP contribution in [0.4, 0.5) is 0 Å². The van der Waals surface area contributed by atoms with Crippen molar-refractivity contribution in [1.29, 1.82) is 0 Å². The number of nitrogens with zero attached hydrogens (tertiary/aromatic N) is 1. The Hall–Kier alpha value is -4.52. The van der Waals surface area contributed by atoms with E-state index in [1.807, 2.05) is 42.5 Å². The average Bonchev–Trinajstić information content (AvgIpc) is 3.38. The summed E-state index contributed by atoms with van der Waals surface area (Å²) in [5, 5.41) is 4.93. The SMILES string of the molecule is CC(=O)/C(=C\c1ccccc1)c1c([P+](c2ccccc2)(c2ccccc2)c2ccccc2)cc2ccccn12. The van der Waals surface area contributed by atoms with E-state index in [1.54, 1.807) is 6.92 Å². The molecule has 0 aliphatic rings. The highest BCUT2D eigenvalue weighted by molar-refractivity contribution is 8.01. The Morgan fingerprint density at radius 2 is 1.08 bits per heavy atom. The van der Waals surface area contributed by atoms with Gasteiger partial charge in [0.05, 0.1) is 0 Å². The number of aromatic nitrogens is 1. The predicted molar refractivity (Wildman–Crippen MR) is 167 cm³/mol. The maximum absolute atomic E-state index is 13.5. The van der Waals surface area contributed by atoms with Gasteiger partial charge in [0.1, 0.15) is 34.2 Å². The molecular weight excluding hydrogens is 493 g/mol. The molecule has 0 unspecified atom stereocenters. The smallest absolute Gasteiger partial charge is 0.162 e. The van der Waals surface area contributed by atoms with E-state index in [-0.39, 0.29) is 5.78 Å². The van der Waals surface area contributed by atoms with E-state index in [4.69, 9.17) is 0 Å². The molecular formula is C36H29NOP+. The van der Waals surface area contributed by atoms with Crippen molar-refractivity contribution < 1.29 is 4.79 Å². The van der Waals surface area contributed by atoms with Gasteiger partial charge in [-0.3, -0.25) is 4.79 Å². The van der Waals surface area contributed by atoms with E-state index < -0.39 is 7.26 Å². The van der Waals surface area contributed by atoms with Gasteiger partial charge in [-0.1, -0.05) is 91.0 Å². The number of Topliss-reactive ketones (excluding diaryl/α,β-unsaturated/α-hetero) is 1. The first-order valence-corrected chi connectivity index (χ1v) is 14.9. The molecule has 39 heavy (non-hydrogen) atoms. The third-order valence-electron chi connectivity index (χ3n) is 7.20. The number of allylic oxidation sites excluding steroid dienone is 1. The topological polar surface area (TPSA) is 21.5 Å². The van der Waals surface area contributed by atoms with Crippen LogP contribution >= 0.6 is 7.26 Å². The molecule has 0 saturated carbocycles. The Balaban J connectivity index is 1.81. The first-order chi connectivity index (χ1) is 19.2. The van der Waals surface area contributed by atoms with Crippen LogP contribution in [-0.4, -0.2) is 10.2 Å². The van der Waals surface area contributed by atoms with Gasteiger partial charge in [-0.05, 0) is 67.1 Å². The molecule has 0 atom stereocenters. The number of pyridine rings is 1. The number of carbonyl (C=O) groups is 1. The zero-order valence-corrected chi connectivity index (χ0v) is 22.7. The Bertz CT molecular complexity index is 1660. The van der Waals surface area contributed by atoms with Gasteiger partial charge < -0.3 is 4.40 Å². The van der Waals surface area contributed by atoms with Gasteiger partial charge in [0, 0.05) is 23.4 Å². The Morgan fingerprint density at radius 3 is 1.56 bits per heavy atom. The number of benzene rings is 4. The monoisotopic (exact) mass is 522 g/mol. The van der Waals surface area contributed by atoms with Crippen LogP contribution in [0.25, 0.3) is 17.2 Å². The van der Waals surface area contributed by atoms with Crippen molar-refractivity contribution in [3.63, 3.8) is 0 Å². The lowest BCUT2D eigenvalue weighted by Gasteiger charge is -2.28. The second kappa shape index (κ2) is 10.7. The second-order valence-electron chi connectivity index (χ2n) is 9.58. The molecule has 2 heterocycles. The third-order valence-corrected chi connectivity index (χ3v) is 11.5. The largest absolute Gasteiger partial charge is 0.313 e. The van der Waals surface area contributed by atoms with Gasteiger partial charge in [-0.25, -0.2) is 0 Å². The first kappa shape index (κ1) is 24.8. The molecule has 2 aromatic heterocycles. The molecule has 4 aromatic carbocycles. The molecule has 188 valence electrons. The van der Waals surface area contributed by atoms with E-state index in [0.717, 1.165) is 16.8 Å². The molecule has 0 N–H and O–H groups in total. The number of fused-ring (bicyclic) bond motifs is 1. The normalized spacial score (nSPS) is 12.0. The van der Waals surface area contributed by atoms with Crippen LogP contribution in [0.1, 0.15) is 18.2 Å². The quantitative estimate of drug-likeness (QED) is 0.169. The van der Waals surface area contributed by atoms with E-state index in [0.29, 0.717) is 5.57 Å². The summed E-state index contributed by atoms with van der Waals surface area (Å²) in [5.74, 6) is 0.0382. The van der Waals surface area contributed by atoms with Gasteiger partial charge in [0.2, 0.25) is 0 Å². The lowest BCUT2D eigenvalue weighted by atomic mass is 10.0. The maximum atomic E-state index is 13.5. The fraction of sp³-hybridized carbons (Fsp3) is 0.0278. The van der Waals surface area contributed by atoms with Crippen LogP contribution in [0.5, 0.6) is 0 Å². The Labute approximate surface area is 230 Å². The Morgan fingerprint density at radius 1 is 0.615 bits per heavy atom. The van der Waals surface area contributed by atoms with Gasteiger partial charge >= 0.3 is 0 Å².